The van der Waals surface area contributed by atoms with Crippen molar-refractivity contribution in [3.63, 3.8) is 0 Å². The van der Waals surface area contributed by atoms with Crippen molar-refractivity contribution in [3.8, 4) is 0 Å². The first-order chi connectivity index (χ1) is 7.60. The fraction of sp³-hybridized carbons (Fsp3) is 0.750. The van der Waals surface area contributed by atoms with Crippen molar-refractivity contribution >= 4 is 0 Å². The number of nitrogens with zero attached hydrogens (tertiary/aromatic N) is 3. The molecule has 4 nitrogen and oxygen atoms in total. The van der Waals surface area contributed by atoms with E-state index in [4.69, 9.17) is 5.73 Å². The summed E-state index contributed by atoms with van der Waals surface area (Å²) in [5.74, 6) is 0. The van der Waals surface area contributed by atoms with Crippen molar-refractivity contribution in [1.29, 1.82) is 0 Å². The topological polar surface area (TPSA) is 47.1 Å². The summed E-state index contributed by atoms with van der Waals surface area (Å²) in [7, 11) is 1.94. The molecule has 2 N–H and O–H groups in total. The van der Waals surface area contributed by atoms with Gasteiger partial charge in [0, 0.05) is 31.4 Å². The molecule has 0 bridgehead atoms. The van der Waals surface area contributed by atoms with Crippen LogP contribution in [0.1, 0.15) is 38.8 Å². The molecule has 0 amide bonds. The molecule has 0 aliphatic heterocycles. The molecular formula is C12H24N4. The van der Waals surface area contributed by atoms with E-state index in [1.807, 2.05) is 17.9 Å². The molecule has 4 heteroatoms. The van der Waals surface area contributed by atoms with Gasteiger partial charge in [-0.2, -0.15) is 5.10 Å². The van der Waals surface area contributed by atoms with Crippen molar-refractivity contribution in [2.75, 3.05) is 13.1 Å². The second kappa shape index (κ2) is 6.01. The normalized spacial score (nSPS) is 13.7. The van der Waals surface area contributed by atoms with Crippen LogP contribution < -0.4 is 5.73 Å². The minimum Gasteiger partial charge on any atom is -0.329 e. The number of rotatable bonds is 6. The molecule has 16 heavy (non-hydrogen) atoms. The second-order valence-corrected chi connectivity index (χ2v) is 4.53. The molecule has 0 radical (unpaired) electrons. The van der Waals surface area contributed by atoms with Crippen LogP contribution >= 0.6 is 0 Å². The molecule has 1 heterocycles. The fourth-order valence-electron chi connectivity index (χ4n) is 2.11. The lowest BCUT2D eigenvalue weighted by Crippen LogP contribution is -2.39. The van der Waals surface area contributed by atoms with Crippen molar-refractivity contribution in [3.05, 3.63) is 18.0 Å². The van der Waals surface area contributed by atoms with Gasteiger partial charge in [0.15, 0.2) is 0 Å². The minimum absolute atomic E-state index is 0.286. The van der Waals surface area contributed by atoms with Gasteiger partial charge in [-0.05, 0) is 26.8 Å². The van der Waals surface area contributed by atoms with Gasteiger partial charge in [-0.25, -0.2) is 0 Å². The highest BCUT2D eigenvalue weighted by atomic mass is 15.3. The zero-order valence-corrected chi connectivity index (χ0v) is 10.8. The van der Waals surface area contributed by atoms with Crippen LogP contribution in [0.5, 0.6) is 0 Å². The zero-order valence-electron chi connectivity index (χ0n) is 10.8. The number of nitrogens with two attached hydrogens (primary N) is 1. The monoisotopic (exact) mass is 224 g/mol. The predicted molar refractivity (Wildman–Crippen MR) is 67.1 cm³/mol. The largest absolute Gasteiger partial charge is 0.329 e. The van der Waals surface area contributed by atoms with E-state index < -0.39 is 0 Å². The summed E-state index contributed by atoms with van der Waals surface area (Å²) in [5, 5.41) is 4.22. The summed E-state index contributed by atoms with van der Waals surface area (Å²) in [6.07, 6.45) is 5.13. The standard InChI is InChI=1S/C12H24N4/c1-5-6-16(10(2)3)12(7-13)11-8-14-15(4)9-11/h8-10,12H,5-7,13H2,1-4H3. The van der Waals surface area contributed by atoms with E-state index in [9.17, 15) is 0 Å². The van der Waals surface area contributed by atoms with Gasteiger partial charge in [0.1, 0.15) is 0 Å². The molecule has 0 saturated carbocycles. The van der Waals surface area contributed by atoms with Gasteiger partial charge in [0.25, 0.3) is 0 Å². The summed E-state index contributed by atoms with van der Waals surface area (Å²) in [6.45, 7) is 8.36. The van der Waals surface area contributed by atoms with Gasteiger partial charge in [0.2, 0.25) is 0 Å². The molecule has 0 aliphatic carbocycles. The quantitative estimate of drug-likeness (QED) is 0.797. The Balaban J connectivity index is 2.85. The van der Waals surface area contributed by atoms with Gasteiger partial charge >= 0.3 is 0 Å². The first-order valence-electron chi connectivity index (χ1n) is 6.04. The van der Waals surface area contributed by atoms with Crippen LogP contribution in [0.2, 0.25) is 0 Å². The molecule has 1 atom stereocenters. The molecule has 0 aliphatic rings. The molecule has 1 rings (SSSR count). The zero-order chi connectivity index (χ0) is 12.1. The van der Waals surface area contributed by atoms with E-state index >= 15 is 0 Å². The lowest BCUT2D eigenvalue weighted by Gasteiger charge is -2.33. The lowest BCUT2D eigenvalue weighted by molar-refractivity contribution is 0.157. The van der Waals surface area contributed by atoms with E-state index in [0.717, 1.165) is 13.0 Å². The molecular weight excluding hydrogens is 200 g/mol. The molecule has 0 aromatic carbocycles. The van der Waals surface area contributed by atoms with Gasteiger partial charge in [-0.3, -0.25) is 9.58 Å². The number of hydrogen-bond donors (Lipinski definition) is 1. The Morgan fingerprint density at radius 1 is 1.50 bits per heavy atom. The third kappa shape index (κ3) is 3.06. The smallest absolute Gasteiger partial charge is 0.0538 e. The summed E-state index contributed by atoms with van der Waals surface area (Å²) in [5.41, 5.74) is 7.12. The number of aryl methyl sites for hydroxylation is 1. The number of hydrogen-bond acceptors (Lipinski definition) is 3. The SMILES string of the molecule is CCCN(C(C)C)C(CN)c1cnn(C)c1. The van der Waals surface area contributed by atoms with Crippen LogP contribution in [0.3, 0.4) is 0 Å². The fourth-order valence-corrected chi connectivity index (χ4v) is 2.11. The highest BCUT2D eigenvalue weighted by Gasteiger charge is 2.21. The molecule has 1 aromatic rings. The van der Waals surface area contributed by atoms with E-state index in [-0.39, 0.29) is 6.04 Å². The van der Waals surface area contributed by atoms with E-state index in [0.29, 0.717) is 12.6 Å². The van der Waals surface area contributed by atoms with Gasteiger partial charge in [-0.15, -0.1) is 0 Å². The maximum absolute atomic E-state index is 5.90. The first kappa shape index (κ1) is 13.2. The Labute approximate surface area is 98.4 Å². The Morgan fingerprint density at radius 3 is 2.56 bits per heavy atom. The van der Waals surface area contributed by atoms with Crippen LogP contribution in [0.15, 0.2) is 12.4 Å². The van der Waals surface area contributed by atoms with Gasteiger partial charge < -0.3 is 5.73 Å². The Bertz CT molecular complexity index is 306. The van der Waals surface area contributed by atoms with Crippen LogP contribution in [0.4, 0.5) is 0 Å². The summed E-state index contributed by atoms with van der Waals surface area (Å²) < 4.78 is 1.84. The van der Waals surface area contributed by atoms with E-state index in [1.165, 1.54) is 5.56 Å². The van der Waals surface area contributed by atoms with Crippen LogP contribution in [-0.2, 0) is 7.05 Å². The summed E-state index contributed by atoms with van der Waals surface area (Å²) >= 11 is 0. The summed E-state index contributed by atoms with van der Waals surface area (Å²) in [4.78, 5) is 2.44. The average molecular weight is 224 g/mol. The molecule has 0 saturated heterocycles. The highest BCUT2D eigenvalue weighted by Crippen LogP contribution is 2.21. The third-order valence-electron chi connectivity index (χ3n) is 2.88. The number of aromatic nitrogens is 2. The molecule has 92 valence electrons. The maximum Gasteiger partial charge on any atom is 0.0538 e. The Kier molecular flexibility index (Phi) is 4.96. The lowest BCUT2D eigenvalue weighted by atomic mass is 10.1. The van der Waals surface area contributed by atoms with Crippen molar-refractivity contribution in [2.45, 2.75) is 39.3 Å². The van der Waals surface area contributed by atoms with Crippen LogP contribution in [0.25, 0.3) is 0 Å². The summed E-state index contributed by atoms with van der Waals surface area (Å²) in [6, 6.07) is 0.794. The van der Waals surface area contributed by atoms with Gasteiger partial charge in [-0.1, -0.05) is 6.92 Å². The van der Waals surface area contributed by atoms with Crippen molar-refractivity contribution < 1.29 is 0 Å². The second-order valence-electron chi connectivity index (χ2n) is 4.53. The predicted octanol–water partition coefficient (Wildman–Crippen LogP) is 1.54. The van der Waals surface area contributed by atoms with Crippen molar-refractivity contribution in [1.82, 2.24) is 14.7 Å². The van der Waals surface area contributed by atoms with Crippen LogP contribution in [-0.4, -0.2) is 33.8 Å². The van der Waals surface area contributed by atoms with Crippen LogP contribution in [0, 0.1) is 0 Å². The maximum atomic E-state index is 5.90. The molecule has 0 spiro atoms. The molecule has 0 fully saturated rings. The third-order valence-corrected chi connectivity index (χ3v) is 2.88. The Morgan fingerprint density at radius 2 is 2.19 bits per heavy atom. The minimum atomic E-state index is 0.286. The van der Waals surface area contributed by atoms with Crippen molar-refractivity contribution in [2.24, 2.45) is 12.8 Å². The van der Waals surface area contributed by atoms with E-state index in [2.05, 4.69) is 37.0 Å². The first-order valence-corrected chi connectivity index (χ1v) is 6.04. The van der Waals surface area contributed by atoms with Gasteiger partial charge in [0.05, 0.1) is 12.2 Å². The highest BCUT2D eigenvalue weighted by molar-refractivity contribution is 5.11. The van der Waals surface area contributed by atoms with E-state index in [1.54, 1.807) is 0 Å². The molecule has 1 unspecified atom stereocenters. The molecule has 1 aromatic heterocycles. The Hall–Kier alpha value is -0.870. The average Bonchev–Trinajstić information content (AvgIpc) is 2.64.